The molecule has 1 amide bonds. The van der Waals surface area contributed by atoms with E-state index in [9.17, 15) is 9.59 Å². The van der Waals surface area contributed by atoms with Crippen molar-refractivity contribution in [3.63, 3.8) is 0 Å². The van der Waals surface area contributed by atoms with Crippen molar-refractivity contribution >= 4 is 28.9 Å². The highest BCUT2D eigenvalue weighted by atomic mass is 32.1. The first-order valence-corrected chi connectivity index (χ1v) is 6.43. The van der Waals surface area contributed by atoms with Gasteiger partial charge in [-0.1, -0.05) is 0 Å². The minimum Gasteiger partial charge on any atom is -0.465 e. The molecular formula is C12H13N3O3S. The van der Waals surface area contributed by atoms with Crippen molar-refractivity contribution in [1.82, 2.24) is 9.78 Å². The number of anilines is 1. The van der Waals surface area contributed by atoms with E-state index in [1.54, 1.807) is 23.8 Å². The van der Waals surface area contributed by atoms with Crippen molar-refractivity contribution in [1.29, 1.82) is 0 Å². The maximum absolute atomic E-state index is 11.9. The fourth-order valence-electron chi connectivity index (χ4n) is 1.56. The number of nitrogens with one attached hydrogen (secondary N) is 1. The summed E-state index contributed by atoms with van der Waals surface area (Å²) in [6.45, 7) is 1.93. The summed E-state index contributed by atoms with van der Waals surface area (Å²) in [6, 6.07) is 1.74. The van der Waals surface area contributed by atoms with Gasteiger partial charge in [-0.15, -0.1) is 11.3 Å². The summed E-state index contributed by atoms with van der Waals surface area (Å²) in [5.41, 5.74) is 1.34. The molecule has 0 saturated carbocycles. The molecule has 6 nitrogen and oxygen atoms in total. The Kier molecular flexibility index (Phi) is 3.96. The number of aromatic nitrogens is 2. The molecule has 2 heterocycles. The van der Waals surface area contributed by atoms with Crippen molar-refractivity contribution in [2.45, 2.75) is 13.5 Å². The van der Waals surface area contributed by atoms with Crippen LogP contribution in [0.1, 0.15) is 15.2 Å². The highest BCUT2D eigenvalue weighted by molar-refractivity contribution is 7.12. The first kappa shape index (κ1) is 13.3. The average Bonchev–Trinajstić information content (AvgIpc) is 3.00. The largest absolute Gasteiger partial charge is 0.465 e. The van der Waals surface area contributed by atoms with Gasteiger partial charge in [-0.3, -0.25) is 9.48 Å². The van der Waals surface area contributed by atoms with Gasteiger partial charge in [0.05, 0.1) is 12.8 Å². The molecule has 2 aromatic heterocycles. The highest BCUT2D eigenvalue weighted by Gasteiger charge is 2.18. The minimum absolute atomic E-state index is 0.100. The third kappa shape index (κ3) is 3.00. The monoisotopic (exact) mass is 279 g/mol. The molecule has 0 aliphatic carbocycles. The lowest BCUT2D eigenvalue weighted by Crippen LogP contribution is -2.20. The van der Waals surface area contributed by atoms with E-state index in [0.29, 0.717) is 10.6 Å². The van der Waals surface area contributed by atoms with Crippen molar-refractivity contribution < 1.29 is 14.3 Å². The van der Waals surface area contributed by atoms with E-state index >= 15 is 0 Å². The number of esters is 1. The van der Waals surface area contributed by atoms with Gasteiger partial charge < -0.3 is 10.1 Å². The molecule has 0 aliphatic rings. The molecule has 2 aromatic rings. The fourth-order valence-corrected chi connectivity index (χ4v) is 2.48. The Morgan fingerprint density at radius 3 is 2.95 bits per heavy atom. The quantitative estimate of drug-likeness (QED) is 0.864. The highest BCUT2D eigenvalue weighted by Crippen LogP contribution is 2.28. The topological polar surface area (TPSA) is 73.2 Å². The molecule has 0 atom stereocenters. The smallest absolute Gasteiger partial charge is 0.350 e. The molecule has 100 valence electrons. The molecule has 19 heavy (non-hydrogen) atoms. The van der Waals surface area contributed by atoms with Crippen LogP contribution in [0.4, 0.5) is 5.69 Å². The Bertz CT molecular complexity index is 589. The summed E-state index contributed by atoms with van der Waals surface area (Å²) in [5.74, 6) is -0.692. The lowest BCUT2D eigenvalue weighted by Gasteiger charge is -2.07. The van der Waals surface area contributed by atoms with Crippen LogP contribution in [-0.2, 0) is 16.1 Å². The number of amides is 1. The van der Waals surface area contributed by atoms with E-state index in [0.717, 1.165) is 5.56 Å². The lowest BCUT2D eigenvalue weighted by molar-refractivity contribution is -0.116. The lowest BCUT2D eigenvalue weighted by atomic mass is 10.2. The number of hydrogen-bond donors (Lipinski definition) is 1. The molecule has 0 bridgehead atoms. The maximum atomic E-state index is 11.9. The van der Waals surface area contributed by atoms with Gasteiger partial charge in [-0.2, -0.15) is 5.10 Å². The van der Waals surface area contributed by atoms with E-state index in [1.165, 1.54) is 23.1 Å². The standard InChI is InChI=1S/C12H13N3O3S/c1-8-7-19-11(12(17)18-2)10(8)14-9(16)6-15-5-3-4-13-15/h3-5,7H,6H2,1-2H3,(H,14,16). The second-order valence-corrected chi connectivity index (χ2v) is 4.75. The normalized spacial score (nSPS) is 10.2. The molecule has 0 unspecified atom stereocenters. The maximum Gasteiger partial charge on any atom is 0.350 e. The van der Waals surface area contributed by atoms with Crippen LogP contribution in [0.5, 0.6) is 0 Å². The van der Waals surface area contributed by atoms with E-state index in [-0.39, 0.29) is 12.5 Å². The van der Waals surface area contributed by atoms with Crippen LogP contribution in [-0.4, -0.2) is 28.8 Å². The van der Waals surface area contributed by atoms with Gasteiger partial charge in [0.2, 0.25) is 5.91 Å². The van der Waals surface area contributed by atoms with Crippen molar-refractivity contribution in [3.05, 3.63) is 34.3 Å². The summed E-state index contributed by atoms with van der Waals surface area (Å²) >= 11 is 1.25. The average molecular weight is 279 g/mol. The summed E-state index contributed by atoms with van der Waals surface area (Å²) < 4.78 is 6.19. The van der Waals surface area contributed by atoms with E-state index in [4.69, 9.17) is 0 Å². The van der Waals surface area contributed by atoms with Crippen molar-refractivity contribution in [3.8, 4) is 0 Å². The van der Waals surface area contributed by atoms with Crippen LogP contribution in [0.25, 0.3) is 0 Å². The van der Waals surface area contributed by atoms with Crippen LogP contribution >= 0.6 is 11.3 Å². The Labute approximate surface area is 114 Å². The van der Waals surface area contributed by atoms with Gasteiger partial charge in [0.15, 0.2) is 0 Å². The zero-order chi connectivity index (χ0) is 13.8. The molecule has 2 rings (SSSR count). The summed E-state index contributed by atoms with van der Waals surface area (Å²) in [4.78, 5) is 23.8. The molecule has 1 N–H and O–H groups in total. The number of methoxy groups -OCH3 is 1. The predicted octanol–water partition coefficient (Wildman–Crippen LogP) is 1.68. The van der Waals surface area contributed by atoms with Gasteiger partial charge in [-0.05, 0) is 23.9 Å². The van der Waals surface area contributed by atoms with Gasteiger partial charge in [0.1, 0.15) is 11.4 Å². The zero-order valence-corrected chi connectivity index (χ0v) is 11.4. The van der Waals surface area contributed by atoms with Crippen LogP contribution in [0.3, 0.4) is 0 Å². The van der Waals surface area contributed by atoms with E-state index in [1.807, 2.05) is 6.92 Å². The summed E-state index contributed by atoms with van der Waals surface area (Å²) in [6.07, 6.45) is 3.30. The number of nitrogens with zero attached hydrogens (tertiary/aromatic N) is 2. The summed E-state index contributed by atoms with van der Waals surface area (Å²) in [5, 5.41) is 8.47. The first-order chi connectivity index (χ1) is 9.11. The second-order valence-electron chi connectivity index (χ2n) is 3.87. The van der Waals surface area contributed by atoms with Crippen molar-refractivity contribution in [2.24, 2.45) is 0 Å². The molecule has 0 aromatic carbocycles. The SMILES string of the molecule is COC(=O)c1scc(C)c1NC(=O)Cn1cccn1. The number of thiophene rings is 1. The van der Waals surface area contributed by atoms with Gasteiger partial charge in [0, 0.05) is 12.4 Å². The van der Waals surface area contributed by atoms with Gasteiger partial charge >= 0.3 is 5.97 Å². The number of carbonyl (C=O) groups is 2. The predicted molar refractivity (Wildman–Crippen MR) is 71.3 cm³/mol. The third-order valence-electron chi connectivity index (χ3n) is 2.47. The molecule has 0 fully saturated rings. The number of aryl methyl sites for hydroxylation is 1. The summed E-state index contributed by atoms with van der Waals surface area (Å²) in [7, 11) is 1.31. The third-order valence-corrected chi connectivity index (χ3v) is 3.55. The Balaban J connectivity index is 2.12. The van der Waals surface area contributed by atoms with E-state index in [2.05, 4.69) is 15.2 Å². The fraction of sp³-hybridized carbons (Fsp3) is 0.250. The van der Waals surface area contributed by atoms with Gasteiger partial charge in [0.25, 0.3) is 0 Å². The number of hydrogen-bond acceptors (Lipinski definition) is 5. The number of rotatable bonds is 4. The number of ether oxygens (including phenoxy) is 1. The van der Waals surface area contributed by atoms with Crippen LogP contribution < -0.4 is 5.32 Å². The van der Waals surface area contributed by atoms with Gasteiger partial charge in [-0.25, -0.2) is 4.79 Å². The first-order valence-electron chi connectivity index (χ1n) is 5.55. The molecule has 0 spiro atoms. The van der Waals surface area contributed by atoms with Crippen LogP contribution in [0, 0.1) is 6.92 Å². The molecule has 0 radical (unpaired) electrons. The molecular weight excluding hydrogens is 266 g/mol. The van der Waals surface area contributed by atoms with E-state index < -0.39 is 5.97 Å². The zero-order valence-electron chi connectivity index (χ0n) is 10.5. The van der Waals surface area contributed by atoms with Crippen molar-refractivity contribution in [2.75, 3.05) is 12.4 Å². The van der Waals surface area contributed by atoms with Crippen LogP contribution in [0.15, 0.2) is 23.8 Å². The Morgan fingerprint density at radius 1 is 1.53 bits per heavy atom. The number of carbonyl (C=O) groups excluding carboxylic acids is 2. The second kappa shape index (κ2) is 5.66. The Morgan fingerprint density at radius 2 is 2.32 bits per heavy atom. The molecule has 7 heteroatoms. The van der Waals surface area contributed by atoms with Crippen LogP contribution in [0.2, 0.25) is 0 Å². The molecule has 0 saturated heterocycles. The Hall–Kier alpha value is -2.15. The molecule has 0 aliphatic heterocycles. The minimum atomic E-state index is -0.451.